The van der Waals surface area contributed by atoms with Gasteiger partial charge in [0.2, 0.25) is 5.91 Å². The molecule has 6 nitrogen and oxygen atoms in total. The van der Waals surface area contributed by atoms with Gasteiger partial charge in [0.1, 0.15) is 6.54 Å². The summed E-state index contributed by atoms with van der Waals surface area (Å²) in [7, 11) is 4.03. The second kappa shape index (κ2) is 8.19. The quantitative estimate of drug-likeness (QED) is 0.871. The molecule has 1 saturated carbocycles. The van der Waals surface area contributed by atoms with Gasteiger partial charge in [0.25, 0.3) is 0 Å². The van der Waals surface area contributed by atoms with Crippen molar-refractivity contribution < 1.29 is 9.59 Å². The van der Waals surface area contributed by atoms with E-state index < -0.39 is 0 Å². The molecule has 1 aromatic rings. The molecule has 7 heteroatoms. The van der Waals surface area contributed by atoms with Crippen molar-refractivity contribution in [3.63, 3.8) is 0 Å². The molecule has 1 atom stereocenters. The lowest BCUT2D eigenvalue weighted by Crippen LogP contribution is -2.57. The fourth-order valence-corrected chi connectivity index (χ4v) is 4.70. The maximum absolute atomic E-state index is 12.5. The van der Waals surface area contributed by atoms with Gasteiger partial charge in [0.05, 0.1) is 6.04 Å². The Kier molecular flexibility index (Phi) is 5.96. The number of hydrogen-bond donors (Lipinski definition) is 1. The molecule has 1 aliphatic carbocycles. The van der Waals surface area contributed by atoms with Gasteiger partial charge >= 0.3 is 6.03 Å². The monoisotopic (exact) mass is 364 g/mol. The summed E-state index contributed by atoms with van der Waals surface area (Å²) < 4.78 is 0. The van der Waals surface area contributed by atoms with E-state index in [1.54, 1.807) is 16.2 Å². The van der Waals surface area contributed by atoms with Crippen LogP contribution in [0.5, 0.6) is 0 Å². The number of likely N-dealkylation sites (N-methyl/N-ethyl adjacent to an activating group) is 1. The van der Waals surface area contributed by atoms with E-state index in [0.717, 1.165) is 12.8 Å². The summed E-state index contributed by atoms with van der Waals surface area (Å²) >= 11 is 1.69. The molecule has 3 rings (SSSR count). The van der Waals surface area contributed by atoms with Gasteiger partial charge in [0.15, 0.2) is 0 Å². The summed E-state index contributed by atoms with van der Waals surface area (Å²) in [4.78, 5) is 31.9. The lowest BCUT2D eigenvalue weighted by Gasteiger charge is -2.38. The van der Waals surface area contributed by atoms with Crippen LogP contribution in [0.2, 0.25) is 0 Å². The fraction of sp³-hybridized carbons (Fsp3) is 0.667. The number of piperazine rings is 1. The van der Waals surface area contributed by atoms with Crippen molar-refractivity contribution >= 4 is 23.3 Å². The number of amides is 3. The predicted octanol–water partition coefficient (Wildman–Crippen LogP) is 2.15. The van der Waals surface area contributed by atoms with E-state index >= 15 is 0 Å². The van der Waals surface area contributed by atoms with Gasteiger partial charge in [-0.15, -0.1) is 11.3 Å². The van der Waals surface area contributed by atoms with E-state index in [4.69, 9.17) is 0 Å². The van der Waals surface area contributed by atoms with Gasteiger partial charge in [0, 0.05) is 30.6 Å². The zero-order valence-electron chi connectivity index (χ0n) is 15.1. The highest BCUT2D eigenvalue weighted by atomic mass is 32.1. The van der Waals surface area contributed by atoms with Crippen molar-refractivity contribution in [2.24, 2.45) is 0 Å². The van der Waals surface area contributed by atoms with Crippen molar-refractivity contribution in [1.29, 1.82) is 0 Å². The zero-order chi connectivity index (χ0) is 17.8. The van der Waals surface area contributed by atoms with Gasteiger partial charge < -0.3 is 20.0 Å². The third kappa shape index (κ3) is 4.33. The number of rotatable bonds is 5. The summed E-state index contributed by atoms with van der Waals surface area (Å²) in [5, 5.41) is 5.06. The first-order valence-electron chi connectivity index (χ1n) is 9.08. The Morgan fingerprint density at radius 1 is 1.36 bits per heavy atom. The standard InChI is InChI=1S/C18H28N4O2S/c1-20(2)15(16-8-5-11-25-16)12-19-18(24)21-9-10-22(17(23)13-21)14-6-3-4-7-14/h5,8,11,14-15H,3-4,6-7,9-10,12-13H2,1-2H3,(H,19,24)/t15-/m0/s1. The summed E-state index contributed by atoms with van der Waals surface area (Å²) in [5.41, 5.74) is 0. The number of nitrogens with one attached hydrogen (secondary N) is 1. The van der Waals surface area contributed by atoms with E-state index in [1.807, 2.05) is 25.1 Å². The van der Waals surface area contributed by atoms with Gasteiger partial charge in [-0.25, -0.2) is 4.79 Å². The summed E-state index contributed by atoms with van der Waals surface area (Å²) in [6.45, 7) is 2.04. The molecule has 0 unspecified atom stereocenters. The van der Waals surface area contributed by atoms with Crippen LogP contribution in [0.15, 0.2) is 17.5 Å². The number of carbonyl (C=O) groups excluding carboxylic acids is 2. The Labute approximate surface area is 153 Å². The minimum absolute atomic E-state index is 0.0933. The molecular weight excluding hydrogens is 336 g/mol. The first kappa shape index (κ1) is 18.2. The number of nitrogens with zero attached hydrogens (tertiary/aromatic N) is 3. The molecule has 3 amide bonds. The molecular formula is C18H28N4O2S. The van der Waals surface area contributed by atoms with E-state index in [1.165, 1.54) is 17.7 Å². The Morgan fingerprint density at radius 2 is 2.12 bits per heavy atom. The maximum atomic E-state index is 12.5. The van der Waals surface area contributed by atoms with Crippen LogP contribution in [0.4, 0.5) is 4.79 Å². The van der Waals surface area contributed by atoms with Crippen LogP contribution >= 0.6 is 11.3 Å². The average Bonchev–Trinajstić information content (AvgIpc) is 3.28. The van der Waals surface area contributed by atoms with Crippen LogP contribution < -0.4 is 5.32 Å². The average molecular weight is 365 g/mol. The second-order valence-corrected chi connectivity index (χ2v) is 8.11. The van der Waals surface area contributed by atoms with Crippen LogP contribution in [0.3, 0.4) is 0 Å². The summed E-state index contributed by atoms with van der Waals surface area (Å²) in [5.74, 6) is 0.0933. The SMILES string of the molecule is CN(C)[C@@H](CNC(=O)N1CCN(C2CCCC2)C(=O)C1)c1cccs1. The van der Waals surface area contributed by atoms with Gasteiger partial charge in [-0.05, 0) is 38.4 Å². The van der Waals surface area contributed by atoms with Crippen molar-refractivity contribution in [3.8, 4) is 0 Å². The lowest BCUT2D eigenvalue weighted by atomic mass is 10.1. The Bertz CT molecular complexity index is 584. The lowest BCUT2D eigenvalue weighted by molar-refractivity contribution is -0.137. The van der Waals surface area contributed by atoms with Crippen LogP contribution in [0, 0.1) is 0 Å². The molecule has 2 heterocycles. The zero-order valence-corrected chi connectivity index (χ0v) is 15.9. The van der Waals surface area contributed by atoms with Crippen LogP contribution in [0.25, 0.3) is 0 Å². The van der Waals surface area contributed by atoms with Gasteiger partial charge in [-0.1, -0.05) is 18.9 Å². The molecule has 0 radical (unpaired) electrons. The minimum Gasteiger partial charge on any atom is -0.336 e. The molecule has 25 heavy (non-hydrogen) atoms. The van der Waals surface area contributed by atoms with E-state index in [-0.39, 0.29) is 24.5 Å². The normalized spacial score (nSPS) is 20.4. The molecule has 138 valence electrons. The fourth-order valence-electron chi connectivity index (χ4n) is 3.78. The minimum atomic E-state index is -0.136. The Hall–Kier alpha value is -1.60. The van der Waals surface area contributed by atoms with Crippen molar-refractivity contribution in [2.45, 2.75) is 37.8 Å². The Morgan fingerprint density at radius 3 is 2.72 bits per heavy atom. The molecule has 1 aromatic heterocycles. The second-order valence-electron chi connectivity index (χ2n) is 7.13. The third-order valence-electron chi connectivity index (χ3n) is 5.25. The van der Waals surface area contributed by atoms with E-state index in [2.05, 4.69) is 21.7 Å². The Balaban J connectivity index is 1.51. The number of thiophene rings is 1. The number of urea groups is 1. The largest absolute Gasteiger partial charge is 0.336 e. The molecule has 1 aliphatic heterocycles. The van der Waals surface area contributed by atoms with Crippen LogP contribution in [-0.2, 0) is 4.79 Å². The molecule has 1 N–H and O–H groups in total. The van der Waals surface area contributed by atoms with Gasteiger partial charge in [-0.3, -0.25) is 4.79 Å². The number of carbonyl (C=O) groups is 2. The smallest absolute Gasteiger partial charge is 0.317 e. The van der Waals surface area contributed by atoms with Gasteiger partial charge in [-0.2, -0.15) is 0 Å². The predicted molar refractivity (Wildman–Crippen MR) is 99.7 cm³/mol. The molecule has 0 spiro atoms. The molecule has 0 bridgehead atoms. The molecule has 2 aliphatic rings. The highest BCUT2D eigenvalue weighted by Gasteiger charge is 2.33. The maximum Gasteiger partial charge on any atom is 0.317 e. The first-order chi connectivity index (χ1) is 12.1. The topological polar surface area (TPSA) is 55.9 Å². The third-order valence-corrected chi connectivity index (χ3v) is 6.23. The van der Waals surface area contributed by atoms with E-state index in [9.17, 15) is 9.59 Å². The van der Waals surface area contributed by atoms with E-state index in [0.29, 0.717) is 25.7 Å². The van der Waals surface area contributed by atoms with Crippen molar-refractivity contribution in [2.75, 3.05) is 40.3 Å². The summed E-state index contributed by atoms with van der Waals surface area (Å²) in [6.07, 6.45) is 4.66. The highest BCUT2D eigenvalue weighted by Crippen LogP contribution is 2.25. The highest BCUT2D eigenvalue weighted by molar-refractivity contribution is 7.10. The molecule has 1 saturated heterocycles. The number of hydrogen-bond acceptors (Lipinski definition) is 4. The first-order valence-corrected chi connectivity index (χ1v) is 9.96. The molecule has 0 aromatic carbocycles. The summed E-state index contributed by atoms with van der Waals surface area (Å²) in [6, 6.07) is 4.53. The van der Waals surface area contributed by atoms with Crippen LogP contribution in [0.1, 0.15) is 36.6 Å². The van der Waals surface area contributed by atoms with Crippen LogP contribution in [-0.4, -0.2) is 73.0 Å². The van der Waals surface area contributed by atoms with Crippen molar-refractivity contribution in [3.05, 3.63) is 22.4 Å². The molecule has 2 fully saturated rings. The van der Waals surface area contributed by atoms with Crippen molar-refractivity contribution in [1.82, 2.24) is 20.0 Å².